The fourth-order valence-corrected chi connectivity index (χ4v) is 4.96. The molecule has 0 bridgehead atoms. The Labute approximate surface area is 107 Å². The Morgan fingerprint density at radius 2 is 1.94 bits per heavy atom. The molecular weight excluding hydrogens is 256 g/mol. The molecule has 6 nitrogen and oxygen atoms in total. The van der Waals surface area contributed by atoms with Gasteiger partial charge in [-0.2, -0.15) is 0 Å². The first-order valence-corrected chi connectivity index (χ1v) is 7.82. The van der Waals surface area contributed by atoms with E-state index in [4.69, 9.17) is 0 Å². The van der Waals surface area contributed by atoms with Gasteiger partial charge >= 0.3 is 0 Å². The molecule has 0 saturated carbocycles. The number of hydrogen-bond donors (Lipinski definition) is 1. The molecule has 102 valence electrons. The van der Waals surface area contributed by atoms with Crippen molar-refractivity contribution in [1.82, 2.24) is 10.2 Å². The van der Waals surface area contributed by atoms with E-state index < -0.39 is 27.5 Å². The molecule has 3 unspecified atom stereocenters. The lowest BCUT2D eigenvalue weighted by atomic mass is 9.94. The van der Waals surface area contributed by atoms with Crippen LogP contribution >= 0.6 is 0 Å². The average Bonchev–Trinajstić information content (AvgIpc) is 2.51. The molecule has 0 aromatic carbocycles. The molecule has 2 fully saturated rings. The highest BCUT2D eigenvalue weighted by molar-refractivity contribution is 7.91. The van der Waals surface area contributed by atoms with Crippen LogP contribution in [0.15, 0.2) is 0 Å². The zero-order valence-electron chi connectivity index (χ0n) is 10.8. The molecule has 1 N–H and O–H groups in total. The predicted octanol–water partition coefficient (Wildman–Crippen LogP) is -0.701. The van der Waals surface area contributed by atoms with Gasteiger partial charge in [-0.15, -0.1) is 0 Å². The van der Waals surface area contributed by atoms with Crippen LogP contribution in [0, 0.1) is 0 Å². The first kappa shape index (κ1) is 13.3. The van der Waals surface area contributed by atoms with Crippen LogP contribution in [0.3, 0.4) is 0 Å². The summed E-state index contributed by atoms with van der Waals surface area (Å²) in [5.41, 5.74) is -0.763. The van der Waals surface area contributed by atoms with Crippen molar-refractivity contribution in [3.8, 4) is 0 Å². The summed E-state index contributed by atoms with van der Waals surface area (Å²) >= 11 is 0. The second-order valence-corrected chi connectivity index (χ2v) is 7.64. The van der Waals surface area contributed by atoms with E-state index in [-0.39, 0.29) is 23.3 Å². The molecular formula is C11H18N2O4S. The first-order chi connectivity index (χ1) is 8.16. The molecule has 0 aromatic heterocycles. The van der Waals surface area contributed by atoms with E-state index >= 15 is 0 Å². The number of piperazine rings is 1. The largest absolute Gasteiger partial charge is 0.343 e. The SMILES string of the molecule is CC1NC(=O)C(C)N(C2(C)CCS(=O)(=O)C2)C1=O. The van der Waals surface area contributed by atoms with Crippen LogP contribution in [0.4, 0.5) is 0 Å². The van der Waals surface area contributed by atoms with Crippen LogP contribution in [0.1, 0.15) is 27.2 Å². The van der Waals surface area contributed by atoms with Crippen LogP contribution < -0.4 is 5.32 Å². The minimum atomic E-state index is -3.11. The minimum Gasteiger partial charge on any atom is -0.343 e. The van der Waals surface area contributed by atoms with Gasteiger partial charge in [0.15, 0.2) is 9.84 Å². The van der Waals surface area contributed by atoms with E-state index in [0.29, 0.717) is 6.42 Å². The molecule has 0 radical (unpaired) electrons. The minimum absolute atomic E-state index is 0.0594. The molecule has 3 atom stereocenters. The van der Waals surface area contributed by atoms with Gasteiger partial charge in [0.1, 0.15) is 12.1 Å². The first-order valence-electron chi connectivity index (χ1n) is 6.00. The van der Waals surface area contributed by atoms with Crippen LogP contribution in [-0.2, 0) is 19.4 Å². The highest BCUT2D eigenvalue weighted by atomic mass is 32.2. The number of carbonyl (C=O) groups is 2. The Morgan fingerprint density at radius 3 is 2.44 bits per heavy atom. The Kier molecular flexibility index (Phi) is 2.92. The zero-order valence-corrected chi connectivity index (χ0v) is 11.6. The summed E-state index contributed by atoms with van der Waals surface area (Å²) in [4.78, 5) is 25.4. The van der Waals surface area contributed by atoms with Gasteiger partial charge < -0.3 is 10.2 Å². The molecule has 0 aromatic rings. The molecule has 2 aliphatic heterocycles. The molecule has 2 heterocycles. The van der Waals surface area contributed by atoms with Crippen molar-refractivity contribution in [2.75, 3.05) is 11.5 Å². The Bertz CT molecular complexity index is 501. The number of rotatable bonds is 1. The third kappa shape index (κ3) is 2.00. The van der Waals surface area contributed by atoms with E-state index in [2.05, 4.69) is 5.32 Å². The number of nitrogens with one attached hydrogen (secondary N) is 1. The molecule has 0 spiro atoms. The van der Waals surface area contributed by atoms with Gasteiger partial charge in [0.05, 0.1) is 17.0 Å². The van der Waals surface area contributed by atoms with Crippen molar-refractivity contribution < 1.29 is 18.0 Å². The maximum absolute atomic E-state index is 12.2. The lowest BCUT2D eigenvalue weighted by Gasteiger charge is -2.45. The Morgan fingerprint density at radius 1 is 1.33 bits per heavy atom. The lowest BCUT2D eigenvalue weighted by Crippen LogP contribution is -2.67. The molecule has 2 rings (SSSR count). The monoisotopic (exact) mass is 274 g/mol. The van der Waals surface area contributed by atoms with E-state index in [1.54, 1.807) is 20.8 Å². The van der Waals surface area contributed by atoms with E-state index in [1.807, 2.05) is 0 Å². The van der Waals surface area contributed by atoms with Gasteiger partial charge in [-0.25, -0.2) is 8.42 Å². The fourth-order valence-electron chi connectivity index (χ4n) is 2.83. The fraction of sp³-hybridized carbons (Fsp3) is 0.818. The number of amides is 2. The van der Waals surface area contributed by atoms with Crippen LogP contribution in [0.25, 0.3) is 0 Å². The van der Waals surface area contributed by atoms with Crippen molar-refractivity contribution in [3.63, 3.8) is 0 Å². The van der Waals surface area contributed by atoms with Crippen molar-refractivity contribution in [1.29, 1.82) is 0 Å². The molecule has 2 saturated heterocycles. The van der Waals surface area contributed by atoms with Gasteiger partial charge in [-0.3, -0.25) is 9.59 Å². The molecule has 0 aliphatic carbocycles. The predicted molar refractivity (Wildman–Crippen MR) is 65.6 cm³/mol. The molecule has 2 amide bonds. The van der Waals surface area contributed by atoms with Crippen LogP contribution in [0.5, 0.6) is 0 Å². The van der Waals surface area contributed by atoms with Crippen molar-refractivity contribution in [2.45, 2.75) is 44.8 Å². The second kappa shape index (κ2) is 3.94. The molecule has 2 aliphatic rings. The van der Waals surface area contributed by atoms with E-state index in [1.165, 1.54) is 4.90 Å². The van der Waals surface area contributed by atoms with E-state index in [0.717, 1.165) is 0 Å². The number of hydrogen-bond acceptors (Lipinski definition) is 4. The lowest BCUT2D eigenvalue weighted by molar-refractivity contribution is -0.154. The molecule has 7 heteroatoms. The summed E-state index contributed by atoms with van der Waals surface area (Å²) in [6.07, 6.45) is 0.394. The van der Waals surface area contributed by atoms with Crippen LogP contribution in [0.2, 0.25) is 0 Å². The highest BCUT2D eigenvalue weighted by Crippen LogP contribution is 2.32. The maximum atomic E-state index is 12.2. The third-order valence-corrected chi connectivity index (χ3v) is 5.69. The Balaban J connectivity index is 2.36. The number of nitrogens with zero attached hydrogens (tertiary/aromatic N) is 1. The maximum Gasteiger partial charge on any atom is 0.246 e. The summed E-state index contributed by atoms with van der Waals surface area (Å²) in [7, 11) is -3.11. The summed E-state index contributed by atoms with van der Waals surface area (Å²) < 4.78 is 23.3. The van der Waals surface area contributed by atoms with Crippen molar-refractivity contribution >= 4 is 21.7 Å². The van der Waals surface area contributed by atoms with Gasteiger partial charge in [-0.05, 0) is 27.2 Å². The summed E-state index contributed by atoms with van der Waals surface area (Å²) in [6.45, 7) is 5.00. The summed E-state index contributed by atoms with van der Waals surface area (Å²) in [5, 5.41) is 2.59. The third-order valence-electron chi connectivity index (χ3n) is 3.80. The van der Waals surface area contributed by atoms with Crippen molar-refractivity contribution in [3.05, 3.63) is 0 Å². The highest BCUT2D eigenvalue weighted by Gasteiger charge is 2.50. The van der Waals surface area contributed by atoms with Gasteiger partial charge in [0, 0.05) is 0 Å². The second-order valence-electron chi connectivity index (χ2n) is 5.45. The van der Waals surface area contributed by atoms with Gasteiger partial charge in [-0.1, -0.05) is 0 Å². The van der Waals surface area contributed by atoms with Gasteiger partial charge in [0.2, 0.25) is 11.8 Å². The molecule has 18 heavy (non-hydrogen) atoms. The topological polar surface area (TPSA) is 83.6 Å². The van der Waals surface area contributed by atoms with Crippen LogP contribution in [-0.4, -0.2) is 54.3 Å². The standard InChI is InChI=1S/C11H18N2O4S/c1-7-10(15)13(8(2)9(14)12-7)11(3)4-5-18(16,17)6-11/h7-8H,4-6H2,1-3H3,(H,12,14). The number of sulfone groups is 1. The Hall–Kier alpha value is -1.11. The quantitative estimate of drug-likeness (QED) is 0.685. The van der Waals surface area contributed by atoms with Gasteiger partial charge in [0.25, 0.3) is 0 Å². The zero-order chi connectivity index (χ0) is 13.7. The summed E-state index contributed by atoms with van der Waals surface area (Å²) in [5.74, 6) is -0.416. The average molecular weight is 274 g/mol. The van der Waals surface area contributed by atoms with E-state index in [9.17, 15) is 18.0 Å². The van der Waals surface area contributed by atoms with Crippen molar-refractivity contribution in [2.24, 2.45) is 0 Å². The smallest absolute Gasteiger partial charge is 0.246 e. The summed E-state index contributed by atoms with van der Waals surface area (Å²) in [6, 6.07) is -1.21. The number of carbonyl (C=O) groups excluding carboxylic acids is 2. The normalized spacial score (nSPS) is 39.8.